The standard InChI is InChI=1S/C16H26N2O/c1-3-14-6-4-5-7-16(14)18-11-13(2)10-17-15(12-18)8-9-19/h4-7,13,15,17,19H,3,8-12H2,1-2H3. The maximum absolute atomic E-state index is 9.18. The Labute approximate surface area is 116 Å². The number of aliphatic hydroxyl groups is 1. The Morgan fingerprint density at radius 2 is 2.11 bits per heavy atom. The number of aliphatic hydroxyl groups excluding tert-OH is 1. The van der Waals surface area contributed by atoms with Gasteiger partial charge >= 0.3 is 0 Å². The van der Waals surface area contributed by atoms with E-state index in [1.807, 2.05) is 0 Å². The minimum absolute atomic E-state index is 0.259. The molecule has 2 unspecified atom stereocenters. The van der Waals surface area contributed by atoms with Crippen LogP contribution in [0.3, 0.4) is 0 Å². The molecule has 3 nitrogen and oxygen atoms in total. The number of aryl methyl sites for hydroxylation is 1. The fourth-order valence-corrected chi connectivity index (χ4v) is 2.88. The third kappa shape index (κ3) is 3.71. The Kier molecular flexibility index (Phi) is 5.23. The maximum Gasteiger partial charge on any atom is 0.0446 e. The Morgan fingerprint density at radius 1 is 1.32 bits per heavy atom. The minimum Gasteiger partial charge on any atom is -0.396 e. The van der Waals surface area contributed by atoms with Gasteiger partial charge in [-0.05, 0) is 36.9 Å². The summed E-state index contributed by atoms with van der Waals surface area (Å²) in [5.74, 6) is 0.633. The number of para-hydroxylation sites is 1. The van der Waals surface area contributed by atoms with E-state index in [0.717, 1.165) is 32.5 Å². The van der Waals surface area contributed by atoms with Crippen LogP contribution < -0.4 is 10.2 Å². The Balaban J connectivity index is 2.19. The second-order valence-corrected chi connectivity index (χ2v) is 5.61. The number of hydrogen-bond donors (Lipinski definition) is 2. The summed E-state index contributed by atoms with van der Waals surface area (Å²) in [6.45, 7) is 7.87. The zero-order valence-corrected chi connectivity index (χ0v) is 12.1. The molecule has 0 bridgehead atoms. The average molecular weight is 262 g/mol. The van der Waals surface area contributed by atoms with Crippen molar-refractivity contribution in [3.8, 4) is 0 Å². The molecule has 2 N–H and O–H groups in total. The molecule has 1 heterocycles. The van der Waals surface area contributed by atoms with Gasteiger partial charge in [-0.3, -0.25) is 0 Å². The zero-order chi connectivity index (χ0) is 13.7. The van der Waals surface area contributed by atoms with E-state index in [4.69, 9.17) is 0 Å². The van der Waals surface area contributed by atoms with Gasteiger partial charge in [0, 0.05) is 31.4 Å². The number of rotatable bonds is 4. The first-order valence-electron chi connectivity index (χ1n) is 7.41. The van der Waals surface area contributed by atoms with Crippen LogP contribution in [0.5, 0.6) is 0 Å². The van der Waals surface area contributed by atoms with Gasteiger partial charge in [-0.15, -0.1) is 0 Å². The summed E-state index contributed by atoms with van der Waals surface area (Å²) in [5, 5.41) is 12.7. The Bertz CT molecular complexity index is 394. The fourth-order valence-electron chi connectivity index (χ4n) is 2.88. The summed E-state index contributed by atoms with van der Waals surface area (Å²) < 4.78 is 0. The lowest BCUT2D eigenvalue weighted by Gasteiger charge is -2.29. The molecular formula is C16H26N2O. The van der Waals surface area contributed by atoms with Gasteiger partial charge < -0.3 is 15.3 Å². The molecule has 1 saturated heterocycles. The molecule has 0 saturated carbocycles. The van der Waals surface area contributed by atoms with Crippen molar-refractivity contribution in [1.82, 2.24) is 5.32 Å². The van der Waals surface area contributed by atoms with Crippen LogP contribution in [0.25, 0.3) is 0 Å². The highest BCUT2D eigenvalue weighted by atomic mass is 16.3. The molecule has 2 rings (SSSR count). The van der Waals surface area contributed by atoms with Crippen LogP contribution in [-0.4, -0.2) is 37.4 Å². The van der Waals surface area contributed by atoms with Gasteiger partial charge in [0.1, 0.15) is 0 Å². The van der Waals surface area contributed by atoms with Crippen LogP contribution in [0.1, 0.15) is 25.8 Å². The molecular weight excluding hydrogens is 236 g/mol. The lowest BCUT2D eigenvalue weighted by Crippen LogP contribution is -2.38. The SMILES string of the molecule is CCc1ccccc1N1CC(C)CNC(CCO)C1. The van der Waals surface area contributed by atoms with Crippen LogP contribution >= 0.6 is 0 Å². The summed E-state index contributed by atoms with van der Waals surface area (Å²) in [6.07, 6.45) is 1.90. The molecule has 106 valence electrons. The van der Waals surface area contributed by atoms with Crippen LogP contribution in [0, 0.1) is 5.92 Å². The van der Waals surface area contributed by atoms with Gasteiger partial charge in [-0.25, -0.2) is 0 Å². The third-order valence-corrected chi connectivity index (χ3v) is 3.92. The lowest BCUT2D eigenvalue weighted by molar-refractivity contribution is 0.266. The van der Waals surface area contributed by atoms with Crippen LogP contribution in [0.4, 0.5) is 5.69 Å². The normalized spacial score (nSPS) is 24.3. The van der Waals surface area contributed by atoms with Crippen LogP contribution in [0.2, 0.25) is 0 Å². The van der Waals surface area contributed by atoms with Gasteiger partial charge in [0.15, 0.2) is 0 Å². The summed E-state index contributed by atoms with van der Waals surface area (Å²) in [4.78, 5) is 2.49. The predicted octanol–water partition coefficient (Wildman–Crippen LogP) is 2.05. The van der Waals surface area contributed by atoms with Crippen molar-refractivity contribution < 1.29 is 5.11 Å². The third-order valence-electron chi connectivity index (χ3n) is 3.92. The van der Waals surface area contributed by atoms with E-state index in [9.17, 15) is 5.11 Å². The molecule has 19 heavy (non-hydrogen) atoms. The average Bonchev–Trinajstić information content (AvgIpc) is 2.61. The highest BCUT2D eigenvalue weighted by molar-refractivity contribution is 5.54. The maximum atomic E-state index is 9.18. The molecule has 3 heteroatoms. The molecule has 1 fully saturated rings. The smallest absolute Gasteiger partial charge is 0.0446 e. The van der Waals surface area contributed by atoms with Crippen molar-refractivity contribution >= 4 is 5.69 Å². The summed E-state index contributed by atoms with van der Waals surface area (Å²) in [6, 6.07) is 9.08. The molecule has 0 aromatic heterocycles. The molecule has 0 spiro atoms. The van der Waals surface area contributed by atoms with E-state index < -0.39 is 0 Å². The summed E-state index contributed by atoms with van der Waals surface area (Å²) in [7, 11) is 0. The quantitative estimate of drug-likeness (QED) is 0.872. The number of nitrogens with zero attached hydrogens (tertiary/aromatic N) is 1. The van der Waals surface area contributed by atoms with Crippen LogP contribution in [0.15, 0.2) is 24.3 Å². The molecule has 0 radical (unpaired) electrons. The van der Waals surface area contributed by atoms with Crippen molar-refractivity contribution in [1.29, 1.82) is 0 Å². The Morgan fingerprint density at radius 3 is 2.84 bits per heavy atom. The highest BCUT2D eigenvalue weighted by Gasteiger charge is 2.22. The summed E-state index contributed by atoms with van der Waals surface area (Å²) in [5.41, 5.74) is 2.78. The van der Waals surface area contributed by atoms with E-state index in [2.05, 4.69) is 48.3 Å². The second kappa shape index (κ2) is 6.92. The molecule has 2 atom stereocenters. The van der Waals surface area contributed by atoms with E-state index in [1.54, 1.807) is 0 Å². The van der Waals surface area contributed by atoms with Crippen molar-refractivity contribution in [2.24, 2.45) is 5.92 Å². The molecule has 1 aromatic carbocycles. The molecule has 1 aromatic rings. The fraction of sp³-hybridized carbons (Fsp3) is 0.625. The van der Waals surface area contributed by atoms with E-state index in [-0.39, 0.29) is 6.61 Å². The largest absolute Gasteiger partial charge is 0.396 e. The van der Waals surface area contributed by atoms with Crippen molar-refractivity contribution in [3.05, 3.63) is 29.8 Å². The number of anilines is 1. The van der Waals surface area contributed by atoms with Gasteiger partial charge in [-0.2, -0.15) is 0 Å². The predicted molar refractivity (Wildman–Crippen MR) is 80.7 cm³/mol. The first-order chi connectivity index (χ1) is 9.24. The minimum atomic E-state index is 0.259. The topological polar surface area (TPSA) is 35.5 Å². The highest BCUT2D eigenvalue weighted by Crippen LogP contribution is 2.23. The van der Waals surface area contributed by atoms with Gasteiger partial charge in [0.2, 0.25) is 0 Å². The van der Waals surface area contributed by atoms with Gasteiger partial charge in [0.25, 0.3) is 0 Å². The van der Waals surface area contributed by atoms with Crippen LogP contribution in [-0.2, 0) is 6.42 Å². The van der Waals surface area contributed by atoms with E-state index in [1.165, 1.54) is 11.3 Å². The van der Waals surface area contributed by atoms with Gasteiger partial charge in [0.05, 0.1) is 0 Å². The van der Waals surface area contributed by atoms with Crippen molar-refractivity contribution in [2.75, 3.05) is 31.1 Å². The van der Waals surface area contributed by atoms with E-state index >= 15 is 0 Å². The van der Waals surface area contributed by atoms with Gasteiger partial charge in [-0.1, -0.05) is 32.0 Å². The molecule has 0 amide bonds. The zero-order valence-electron chi connectivity index (χ0n) is 12.1. The summed E-state index contributed by atoms with van der Waals surface area (Å²) >= 11 is 0. The molecule has 0 aliphatic carbocycles. The number of nitrogens with one attached hydrogen (secondary N) is 1. The number of benzene rings is 1. The second-order valence-electron chi connectivity index (χ2n) is 5.61. The lowest BCUT2D eigenvalue weighted by atomic mass is 10.1. The Hall–Kier alpha value is -1.06. The first-order valence-corrected chi connectivity index (χ1v) is 7.41. The van der Waals surface area contributed by atoms with E-state index in [0.29, 0.717) is 12.0 Å². The molecule has 1 aliphatic heterocycles. The monoisotopic (exact) mass is 262 g/mol. The van der Waals surface area contributed by atoms with Crippen molar-refractivity contribution in [2.45, 2.75) is 32.7 Å². The molecule has 1 aliphatic rings. The number of hydrogen-bond acceptors (Lipinski definition) is 3. The first kappa shape index (κ1) is 14.4. The van der Waals surface area contributed by atoms with Crippen molar-refractivity contribution in [3.63, 3.8) is 0 Å².